The van der Waals surface area contributed by atoms with Gasteiger partial charge in [0.2, 0.25) is 0 Å². The van der Waals surface area contributed by atoms with E-state index in [9.17, 15) is 20.1 Å². The van der Waals surface area contributed by atoms with Crippen molar-refractivity contribution in [3.05, 3.63) is 23.8 Å². The number of amides is 1. The van der Waals surface area contributed by atoms with Crippen molar-refractivity contribution in [3.8, 4) is 11.5 Å². The molecule has 0 heterocycles. The minimum atomic E-state index is -0.824. The van der Waals surface area contributed by atoms with Gasteiger partial charge in [0.1, 0.15) is 11.5 Å². The lowest BCUT2D eigenvalue weighted by Gasteiger charge is -2.29. The van der Waals surface area contributed by atoms with E-state index in [1.807, 2.05) is 0 Å². The summed E-state index contributed by atoms with van der Waals surface area (Å²) in [7, 11) is 0. The third-order valence-corrected chi connectivity index (χ3v) is 2.70. The molecule has 0 saturated heterocycles. The minimum Gasteiger partial charge on any atom is -0.508 e. The van der Waals surface area contributed by atoms with Crippen LogP contribution >= 0.6 is 0 Å². The van der Waals surface area contributed by atoms with E-state index in [2.05, 4.69) is 5.32 Å². The number of hydrogen-bond donors (Lipinski definition) is 4. The molecule has 4 N–H and O–H groups in total. The highest BCUT2D eigenvalue weighted by Crippen LogP contribution is 2.22. The molecule has 0 radical (unpaired) electrons. The fourth-order valence-electron chi connectivity index (χ4n) is 1.17. The van der Waals surface area contributed by atoms with Crippen LogP contribution in [0.3, 0.4) is 0 Å². The highest BCUT2D eigenvalue weighted by molar-refractivity contribution is 5.97. The lowest BCUT2D eigenvalue weighted by molar-refractivity contribution is 0.0707. The molecule has 5 nitrogen and oxygen atoms in total. The number of rotatable bonds is 3. The van der Waals surface area contributed by atoms with E-state index in [1.54, 1.807) is 20.8 Å². The zero-order valence-corrected chi connectivity index (χ0v) is 10.1. The maximum atomic E-state index is 11.8. The van der Waals surface area contributed by atoms with E-state index in [4.69, 9.17) is 0 Å². The first-order chi connectivity index (χ1) is 7.74. The van der Waals surface area contributed by atoms with Crippen molar-refractivity contribution in [2.45, 2.75) is 32.4 Å². The number of aliphatic hydroxyl groups excluding tert-OH is 1. The number of phenols is 2. The van der Waals surface area contributed by atoms with Gasteiger partial charge in [-0.1, -0.05) is 0 Å². The Kier molecular flexibility index (Phi) is 3.63. The summed E-state index contributed by atoms with van der Waals surface area (Å²) in [5.41, 5.74) is -0.853. The second kappa shape index (κ2) is 4.63. The van der Waals surface area contributed by atoms with Crippen molar-refractivity contribution >= 4 is 5.91 Å². The van der Waals surface area contributed by atoms with Crippen LogP contribution in [-0.4, -0.2) is 32.9 Å². The van der Waals surface area contributed by atoms with Gasteiger partial charge in [0.05, 0.1) is 17.2 Å². The first-order valence-corrected chi connectivity index (χ1v) is 5.26. The van der Waals surface area contributed by atoms with Crippen molar-refractivity contribution in [2.75, 3.05) is 0 Å². The Morgan fingerprint density at radius 1 is 1.35 bits per heavy atom. The van der Waals surface area contributed by atoms with Gasteiger partial charge >= 0.3 is 0 Å². The molecule has 1 amide bonds. The molecule has 17 heavy (non-hydrogen) atoms. The maximum Gasteiger partial charge on any atom is 0.255 e. The normalized spacial score (nSPS) is 13.2. The molecule has 94 valence electrons. The van der Waals surface area contributed by atoms with Crippen LogP contribution in [0.1, 0.15) is 31.1 Å². The van der Waals surface area contributed by atoms with E-state index in [1.165, 1.54) is 18.2 Å². The van der Waals surface area contributed by atoms with Gasteiger partial charge in [-0.2, -0.15) is 0 Å². The number of hydrogen-bond acceptors (Lipinski definition) is 4. The van der Waals surface area contributed by atoms with Crippen molar-refractivity contribution < 1.29 is 20.1 Å². The predicted octanol–water partition coefficient (Wildman–Crippen LogP) is 0.987. The Morgan fingerprint density at radius 2 is 1.94 bits per heavy atom. The Hall–Kier alpha value is -1.75. The average Bonchev–Trinajstić information content (AvgIpc) is 2.20. The number of phenolic OH excluding ortho intramolecular Hbond substituents is 2. The second-order valence-corrected chi connectivity index (χ2v) is 4.55. The summed E-state index contributed by atoms with van der Waals surface area (Å²) >= 11 is 0. The fourth-order valence-corrected chi connectivity index (χ4v) is 1.17. The summed E-state index contributed by atoms with van der Waals surface area (Å²) in [6.07, 6.45) is -0.745. The van der Waals surface area contributed by atoms with E-state index < -0.39 is 17.6 Å². The molecule has 0 spiro atoms. The number of aliphatic hydroxyl groups is 1. The van der Waals surface area contributed by atoms with Crippen LogP contribution in [0.2, 0.25) is 0 Å². The monoisotopic (exact) mass is 239 g/mol. The standard InChI is InChI=1S/C12H17NO4/c1-7(14)12(2,3)13-11(17)9-6-8(15)4-5-10(9)16/h4-7,14-16H,1-3H3,(H,13,17). The lowest BCUT2D eigenvalue weighted by Crippen LogP contribution is -2.50. The van der Waals surface area contributed by atoms with Gasteiger partial charge in [-0.15, -0.1) is 0 Å². The summed E-state index contributed by atoms with van der Waals surface area (Å²) < 4.78 is 0. The van der Waals surface area contributed by atoms with Gasteiger partial charge in [-0.25, -0.2) is 0 Å². The molecule has 1 atom stereocenters. The fraction of sp³-hybridized carbons (Fsp3) is 0.417. The first-order valence-electron chi connectivity index (χ1n) is 5.26. The van der Waals surface area contributed by atoms with Crippen LogP contribution in [0.5, 0.6) is 11.5 Å². The van der Waals surface area contributed by atoms with Gasteiger partial charge < -0.3 is 20.6 Å². The average molecular weight is 239 g/mol. The summed E-state index contributed by atoms with van der Waals surface area (Å²) in [4.78, 5) is 11.8. The zero-order chi connectivity index (χ0) is 13.2. The molecule has 0 aliphatic carbocycles. The highest BCUT2D eigenvalue weighted by Gasteiger charge is 2.27. The van der Waals surface area contributed by atoms with Gasteiger partial charge in [-0.3, -0.25) is 4.79 Å². The summed E-state index contributed by atoms with van der Waals surface area (Å²) in [6, 6.07) is 3.69. The first kappa shape index (κ1) is 13.3. The molecule has 1 rings (SSSR count). The molecular weight excluding hydrogens is 222 g/mol. The minimum absolute atomic E-state index is 0.0290. The lowest BCUT2D eigenvalue weighted by atomic mass is 9.98. The Balaban J connectivity index is 2.94. The van der Waals surface area contributed by atoms with Gasteiger partial charge in [0, 0.05) is 0 Å². The zero-order valence-electron chi connectivity index (χ0n) is 10.1. The van der Waals surface area contributed by atoms with Crippen LogP contribution in [0.4, 0.5) is 0 Å². The number of benzene rings is 1. The summed E-state index contributed by atoms with van der Waals surface area (Å²) in [6.45, 7) is 4.88. The van der Waals surface area contributed by atoms with E-state index >= 15 is 0 Å². The molecule has 1 aromatic carbocycles. The van der Waals surface area contributed by atoms with E-state index in [0.29, 0.717) is 0 Å². The molecule has 0 aliphatic rings. The van der Waals surface area contributed by atoms with Crippen molar-refractivity contribution in [1.82, 2.24) is 5.32 Å². The third-order valence-electron chi connectivity index (χ3n) is 2.70. The number of carbonyl (C=O) groups is 1. The van der Waals surface area contributed by atoms with Crippen molar-refractivity contribution in [1.29, 1.82) is 0 Å². The van der Waals surface area contributed by atoms with E-state index in [0.717, 1.165) is 0 Å². The molecule has 1 unspecified atom stereocenters. The van der Waals surface area contributed by atoms with Crippen molar-refractivity contribution in [3.63, 3.8) is 0 Å². The molecule has 0 aromatic heterocycles. The quantitative estimate of drug-likeness (QED) is 0.592. The van der Waals surface area contributed by atoms with Crippen molar-refractivity contribution in [2.24, 2.45) is 0 Å². The summed E-state index contributed by atoms with van der Waals surface area (Å²) in [5, 5.41) is 30.8. The van der Waals surface area contributed by atoms with Crippen LogP contribution in [0.15, 0.2) is 18.2 Å². The smallest absolute Gasteiger partial charge is 0.255 e. The molecule has 0 fully saturated rings. The van der Waals surface area contributed by atoms with Gasteiger partial charge in [0.15, 0.2) is 0 Å². The van der Waals surface area contributed by atoms with Crippen LogP contribution in [-0.2, 0) is 0 Å². The Bertz CT molecular complexity index is 427. The molecule has 0 bridgehead atoms. The van der Waals surface area contributed by atoms with Crippen LogP contribution in [0.25, 0.3) is 0 Å². The number of nitrogens with one attached hydrogen (secondary N) is 1. The van der Waals surface area contributed by atoms with Crippen LogP contribution in [0, 0.1) is 0 Å². The van der Waals surface area contributed by atoms with Gasteiger partial charge in [0.25, 0.3) is 5.91 Å². The molecule has 5 heteroatoms. The molecule has 0 aliphatic heterocycles. The molecule has 0 saturated carbocycles. The Morgan fingerprint density at radius 3 is 2.47 bits per heavy atom. The van der Waals surface area contributed by atoms with Gasteiger partial charge in [-0.05, 0) is 39.0 Å². The number of aromatic hydroxyl groups is 2. The topological polar surface area (TPSA) is 89.8 Å². The highest BCUT2D eigenvalue weighted by atomic mass is 16.3. The third kappa shape index (κ3) is 3.10. The second-order valence-electron chi connectivity index (χ2n) is 4.55. The largest absolute Gasteiger partial charge is 0.508 e. The molecule has 1 aromatic rings. The predicted molar refractivity (Wildman–Crippen MR) is 63.0 cm³/mol. The maximum absolute atomic E-state index is 11.8. The van der Waals surface area contributed by atoms with E-state index in [-0.39, 0.29) is 17.1 Å². The SMILES string of the molecule is CC(O)C(C)(C)NC(=O)c1cc(O)ccc1O. The number of carbonyl (C=O) groups excluding carboxylic acids is 1. The van der Waals surface area contributed by atoms with Crippen LogP contribution < -0.4 is 5.32 Å². The molecular formula is C12H17NO4. The Labute approximate surface area is 99.7 Å². The summed E-state index contributed by atoms with van der Waals surface area (Å²) in [5.74, 6) is -0.881.